The normalized spacial score (nSPS) is 10.7. The summed E-state index contributed by atoms with van der Waals surface area (Å²) in [5, 5.41) is 9.74. The molecule has 0 saturated carbocycles. The van der Waals surface area contributed by atoms with Gasteiger partial charge in [-0.25, -0.2) is 5.43 Å². The SMILES string of the molecule is CCc1ccccc1NC(=O)C(=O)N/N=C\c1cc(Br)c(OCC(=O)Nc2cccc(Cl)c2C)c(OC)c1. The molecule has 3 aromatic carbocycles. The molecule has 0 unspecified atom stereocenters. The van der Waals surface area contributed by atoms with Gasteiger partial charge >= 0.3 is 11.8 Å². The van der Waals surface area contributed by atoms with E-state index < -0.39 is 11.8 Å². The Labute approximate surface area is 233 Å². The molecule has 0 aliphatic carbocycles. The molecule has 3 aromatic rings. The van der Waals surface area contributed by atoms with Crippen molar-refractivity contribution in [3.05, 3.63) is 80.8 Å². The summed E-state index contributed by atoms with van der Waals surface area (Å²) < 4.78 is 11.6. The summed E-state index contributed by atoms with van der Waals surface area (Å²) in [6.07, 6.45) is 2.05. The Kier molecular flexibility index (Phi) is 10.3. The average Bonchev–Trinajstić information content (AvgIpc) is 2.90. The third-order valence-corrected chi connectivity index (χ3v) is 6.37. The van der Waals surface area contributed by atoms with E-state index in [1.54, 1.807) is 49.4 Å². The molecular formula is C27H26BrClN4O5. The van der Waals surface area contributed by atoms with Crippen LogP contribution in [0.1, 0.15) is 23.6 Å². The lowest BCUT2D eigenvalue weighted by Crippen LogP contribution is -2.32. The van der Waals surface area contributed by atoms with Crippen molar-refractivity contribution in [2.45, 2.75) is 20.3 Å². The standard InChI is InChI=1S/C27H26BrClN4O5/c1-4-18-8-5-6-10-22(18)32-26(35)27(36)33-30-14-17-12-19(28)25(23(13-17)37-3)38-15-24(34)31-21-11-7-9-20(29)16(21)2/h5-14H,4,15H2,1-3H3,(H,31,34)(H,32,35)(H,33,36)/b30-14-. The number of carbonyl (C=O) groups is 3. The molecule has 0 heterocycles. The van der Waals surface area contributed by atoms with Gasteiger partial charge in [0.1, 0.15) is 0 Å². The zero-order chi connectivity index (χ0) is 27.7. The summed E-state index contributed by atoms with van der Waals surface area (Å²) in [6, 6.07) is 15.7. The van der Waals surface area contributed by atoms with Crippen molar-refractivity contribution >= 4 is 62.8 Å². The Morgan fingerprint density at radius 1 is 1.03 bits per heavy atom. The molecule has 0 aliphatic heterocycles. The number of amides is 3. The highest BCUT2D eigenvalue weighted by atomic mass is 79.9. The van der Waals surface area contributed by atoms with Crippen LogP contribution in [0.15, 0.2) is 64.2 Å². The van der Waals surface area contributed by atoms with Crippen LogP contribution in [0.25, 0.3) is 0 Å². The van der Waals surface area contributed by atoms with E-state index in [1.165, 1.54) is 13.3 Å². The minimum atomic E-state index is -0.918. The van der Waals surface area contributed by atoms with Gasteiger partial charge in [-0.1, -0.05) is 42.8 Å². The molecule has 0 bridgehead atoms. The number of ether oxygens (including phenoxy) is 2. The van der Waals surface area contributed by atoms with E-state index in [9.17, 15) is 14.4 Å². The molecule has 11 heteroatoms. The van der Waals surface area contributed by atoms with Crippen LogP contribution >= 0.6 is 27.5 Å². The number of aryl methyl sites for hydroxylation is 1. The number of hydrogen-bond donors (Lipinski definition) is 3. The maximum Gasteiger partial charge on any atom is 0.329 e. The monoisotopic (exact) mass is 600 g/mol. The van der Waals surface area contributed by atoms with E-state index in [-0.39, 0.29) is 12.5 Å². The van der Waals surface area contributed by atoms with Gasteiger partial charge in [0.15, 0.2) is 18.1 Å². The van der Waals surface area contributed by atoms with E-state index in [0.717, 1.165) is 11.1 Å². The predicted molar refractivity (Wildman–Crippen MR) is 151 cm³/mol. The average molecular weight is 602 g/mol. The van der Waals surface area contributed by atoms with E-state index >= 15 is 0 Å². The summed E-state index contributed by atoms with van der Waals surface area (Å²) in [7, 11) is 1.45. The van der Waals surface area contributed by atoms with Crippen LogP contribution in [-0.2, 0) is 20.8 Å². The summed E-state index contributed by atoms with van der Waals surface area (Å²) >= 11 is 9.50. The van der Waals surface area contributed by atoms with Crippen LogP contribution in [0.4, 0.5) is 11.4 Å². The van der Waals surface area contributed by atoms with Gasteiger partial charge in [-0.2, -0.15) is 5.10 Å². The summed E-state index contributed by atoms with van der Waals surface area (Å²) in [6.45, 7) is 3.48. The number of hydrazone groups is 1. The fourth-order valence-corrected chi connectivity index (χ4v) is 4.12. The molecule has 38 heavy (non-hydrogen) atoms. The number of benzene rings is 3. The summed E-state index contributed by atoms with van der Waals surface area (Å²) in [4.78, 5) is 36.8. The quantitative estimate of drug-likeness (QED) is 0.179. The van der Waals surface area contributed by atoms with Crippen LogP contribution in [0.2, 0.25) is 5.02 Å². The number of methoxy groups -OCH3 is 1. The molecule has 9 nitrogen and oxygen atoms in total. The molecular weight excluding hydrogens is 576 g/mol. The van der Waals surface area contributed by atoms with Crippen molar-refractivity contribution in [3.8, 4) is 11.5 Å². The number of para-hydroxylation sites is 1. The second-order valence-corrected chi connectivity index (χ2v) is 9.21. The highest BCUT2D eigenvalue weighted by molar-refractivity contribution is 9.10. The van der Waals surface area contributed by atoms with E-state index in [4.69, 9.17) is 21.1 Å². The zero-order valence-electron chi connectivity index (χ0n) is 20.9. The predicted octanol–water partition coefficient (Wildman–Crippen LogP) is 5.09. The Balaban J connectivity index is 1.60. The smallest absolute Gasteiger partial charge is 0.329 e. The van der Waals surface area contributed by atoms with Crippen molar-refractivity contribution in [1.29, 1.82) is 0 Å². The maximum atomic E-state index is 12.4. The van der Waals surface area contributed by atoms with Crippen molar-refractivity contribution in [1.82, 2.24) is 5.43 Å². The van der Waals surface area contributed by atoms with Crippen molar-refractivity contribution < 1.29 is 23.9 Å². The van der Waals surface area contributed by atoms with Crippen LogP contribution in [-0.4, -0.2) is 37.7 Å². The lowest BCUT2D eigenvalue weighted by Gasteiger charge is -2.14. The number of hydrogen-bond acceptors (Lipinski definition) is 6. The minimum Gasteiger partial charge on any atom is -0.493 e. The lowest BCUT2D eigenvalue weighted by atomic mass is 10.1. The first-order chi connectivity index (χ1) is 18.2. The Morgan fingerprint density at radius 3 is 2.50 bits per heavy atom. The lowest BCUT2D eigenvalue weighted by molar-refractivity contribution is -0.136. The molecule has 0 spiro atoms. The van der Waals surface area contributed by atoms with Gasteiger partial charge in [-0.05, 0) is 76.3 Å². The molecule has 0 fully saturated rings. The van der Waals surface area contributed by atoms with E-state index in [1.807, 2.05) is 19.1 Å². The highest BCUT2D eigenvalue weighted by Gasteiger charge is 2.16. The molecule has 0 aliphatic rings. The number of carbonyl (C=O) groups excluding carboxylic acids is 3. The van der Waals surface area contributed by atoms with Gasteiger partial charge in [-0.15, -0.1) is 0 Å². The van der Waals surface area contributed by atoms with Crippen LogP contribution in [0.3, 0.4) is 0 Å². The molecule has 198 valence electrons. The van der Waals surface area contributed by atoms with Crippen LogP contribution < -0.4 is 25.5 Å². The fraction of sp³-hybridized carbons (Fsp3) is 0.185. The Morgan fingerprint density at radius 2 is 1.76 bits per heavy atom. The zero-order valence-corrected chi connectivity index (χ0v) is 23.3. The molecule has 3 amide bonds. The highest BCUT2D eigenvalue weighted by Crippen LogP contribution is 2.36. The number of halogens is 2. The van der Waals surface area contributed by atoms with E-state index in [2.05, 4.69) is 37.1 Å². The maximum absolute atomic E-state index is 12.4. The number of rotatable bonds is 9. The second-order valence-electron chi connectivity index (χ2n) is 7.95. The fourth-order valence-electron chi connectivity index (χ4n) is 3.37. The van der Waals surface area contributed by atoms with Crippen molar-refractivity contribution in [2.75, 3.05) is 24.4 Å². The van der Waals surface area contributed by atoms with Crippen LogP contribution in [0, 0.1) is 6.92 Å². The number of nitrogens with zero attached hydrogens (tertiary/aromatic N) is 1. The molecule has 0 atom stereocenters. The second kappa shape index (κ2) is 13.6. The Bertz CT molecular complexity index is 1380. The Hall–Kier alpha value is -3.89. The molecule has 0 radical (unpaired) electrons. The first-order valence-corrected chi connectivity index (χ1v) is 12.7. The van der Waals surface area contributed by atoms with Gasteiger partial charge in [0.25, 0.3) is 5.91 Å². The molecule has 3 N–H and O–H groups in total. The molecule has 0 aromatic heterocycles. The third-order valence-electron chi connectivity index (χ3n) is 5.37. The third kappa shape index (κ3) is 7.56. The van der Waals surface area contributed by atoms with Crippen molar-refractivity contribution in [3.63, 3.8) is 0 Å². The summed E-state index contributed by atoms with van der Waals surface area (Å²) in [5.74, 6) is -1.50. The largest absolute Gasteiger partial charge is 0.493 e. The van der Waals surface area contributed by atoms with Crippen LogP contribution in [0.5, 0.6) is 11.5 Å². The van der Waals surface area contributed by atoms with Crippen molar-refractivity contribution in [2.24, 2.45) is 5.10 Å². The van der Waals surface area contributed by atoms with Gasteiger partial charge in [0.2, 0.25) is 0 Å². The van der Waals surface area contributed by atoms with Gasteiger partial charge in [-0.3, -0.25) is 14.4 Å². The summed E-state index contributed by atoms with van der Waals surface area (Å²) in [5.41, 5.74) is 5.56. The first-order valence-electron chi connectivity index (χ1n) is 11.5. The van der Waals surface area contributed by atoms with Gasteiger partial charge < -0.3 is 20.1 Å². The molecule has 3 rings (SSSR count). The first kappa shape index (κ1) is 28.7. The minimum absolute atomic E-state index is 0.277. The van der Waals surface area contributed by atoms with Gasteiger partial charge in [0.05, 0.1) is 17.8 Å². The molecule has 0 saturated heterocycles. The van der Waals surface area contributed by atoms with E-state index in [0.29, 0.717) is 44.4 Å². The van der Waals surface area contributed by atoms with Gasteiger partial charge in [0, 0.05) is 16.4 Å². The number of nitrogens with one attached hydrogen (secondary N) is 3. The number of anilines is 2. The topological polar surface area (TPSA) is 118 Å².